The monoisotopic (exact) mass is 294 g/mol. The van der Waals surface area contributed by atoms with E-state index in [1.54, 1.807) is 14.0 Å². The fourth-order valence-electron chi connectivity index (χ4n) is 1.45. The first-order valence-corrected chi connectivity index (χ1v) is 8.66. The lowest BCUT2D eigenvalue weighted by Gasteiger charge is -2.16. The van der Waals surface area contributed by atoms with Crippen molar-refractivity contribution < 1.29 is 19.1 Å². The molecular weight excluding hydrogens is 272 g/mol. The number of ether oxygens (including phenoxy) is 2. The van der Waals surface area contributed by atoms with Crippen LogP contribution in [0, 0.1) is 0 Å². The van der Waals surface area contributed by atoms with Crippen molar-refractivity contribution in [2.24, 2.45) is 0 Å². The smallest absolute Gasteiger partial charge is 0.306 e. The van der Waals surface area contributed by atoms with E-state index >= 15 is 0 Å². The molecule has 106 valence electrons. The molecule has 0 N–H and O–H groups in total. The van der Waals surface area contributed by atoms with Crippen molar-refractivity contribution >= 4 is 32.4 Å². The largest absolute Gasteiger partial charge is 0.459 e. The molecular formula is C12H22O4S2. The van der Waals surface area contributed by atoms with Gasteiger partial charge in [-0.3, -0.25) is 4.79 Å². The fourth-order valence-corrected chi connectivity index (χ4v) is 2.60. The van der Waals surface area contributed by atoms with Gasteiger partial charge >= 0.3 is 5.97 Å². The summed E-state index contributed by atoms with van der Waals surface area (Å²) < 4.78 is 10.3. The van der Waals surface area contributed by atoms with Crippen LogP contribution >= 0.6 is 0 Å². The Morgan fingerprint density at radius 1 is 1.28 bits per heavy atom. The summed E-state index contributed by atoms with van der Waals surface area (Å²) in [5, 5.41) is 0. The van der Waals surface area contributed by atoms with Crippen LogP contribution in [0.25, 0.3) is 0 Å². The first-order valence-electron chi connectivity index (χ1n) is 5.93. The number of Topliss-reactive ketones (excluding diaryl/α,β-unsaturated/α-hetero) is 1. The van der Waals surface area contributed by atoms with Gasteiger partial charge in [0.05, 0.1) is 6.61 Å². The quantitative estimate of drug-likeness (QED) is 0.450. The van der Waals surface area contributed by atoms with Crippen molar-refractivity contribution in [3.8, 4) is 0 Å². The summed E-state index contributed by atoms with van der Waals surface area (Å²) in [5.41, 5.74) is 0. The average Bonchev–Trinajstić information content (AvgIpc) is 2.23. The van der Waals surface area contributed by atoms with Gasteiger partial charge in [-0.05, 0) is 26.0 Å². The second kappa shape index (κ2) is 10.6. The third kappa shape index (κ3) is 10.8. The van der Waals surface area contributed by atoms with Crippen molar-refractivity contribution in [3.63, 3.8) is 0 Å². The van der Waals surface area contributed by atoms with Crippen LogP contribution in [0.5, 0.6) is 0 Å². The summed E-state index contributed by atoms with van der Waals surface area (Å²) >= 11 is 5.10. The molecule has 0 aromatic carbocycles. The first-order chi connectivity index (χ1) is 8.45. The number of ketones is 1. The van der Waals surface area contributed by atoms with E-state index in [2.05, 4.69) is 0 Å². The molecule has 0 spiro atoms. The van der Waals surface area contributed by atoms with Gasteiger partial charge in [-0.2, -0.15) is 0 Å². The van der Waals surface area contributed by atoms with Gasteiger partial charge in [-0.25, -0.2) is 0 Å². The molecule has 0 rings (SSSR count). The van der Waals surface area contributed by atoms with Crippen LogP contribution in [-0.4, -0.2) is 43.6 Å². The minimum absolute atomic E-state index is 0.154. The van der Waals surface area contributed by atoms with E-state index in [1.165, 1.54) is 0 Å². The van der Waals surface area contributed by atoms with Gasteiger partial charge in [0.1, 0.15) is 11.9 Å². The van der Waals surface area contributed by atoms with Crippen molar-refractivity contribution in [3.05, 3.63) is 0 Å². The molecule has 2 unspecified atom stereocenters. The number of methoxy groups -OCH3 is 1. The number of hydrogen-bond acceptors (Lipinski definition) is 5. The third-order valence-corrected chi connectivity index (χ3v) is 3.48. The standard InChI is InChI=1S/C12H22O4S2/c1-10(13)6-4-5-7-12(14)16-11(8-15-2)9-18(3)17/h11H,4-9H2,1-3H3. The van der Waals surface area contributed by atoms with Gasteiger partial charge in [-0.1, -0.05) is 11.2 Å². The summed E-state index contributed by atoms with van der Waals surface area (Å²) in [6.07, 6.45) is 3.98. The fraction of sp³-hybridized carbons (Fsp3) is 0.833. The van der Waals surface area contributed by atoms with Gasteiger partial charge in [0.15, 0.2) is 0 Å². The number of unbranched alkanes of at least 4 members (excludes halogenated alkanes) is 1. The lowest BCUT2D eigenvalue weighted by Crippen LogP contribution is -2.28. The van der Waals surface area contributed by atoms with E-state index in [9.17, 15) is 9.59 Å². The summed E-state index contributed by atoms with van der Waals surface area (Å²) in [5.74, 6) is 0.574. The van der Waals surface area contributed by atoms with Crippen LogP contribution in [0.4, 0.5) is 0 Å². The molecule has 0 aliphatic rings. The van der Waals surface area contributed by atoms with E-state index in [-0.39, 0.29) is 27.3 Å². The number of hydrogen-bond donors (Lipinski definition) is 0. The van der Waals surface area contributed by atoms with Gasteiger partial charge in [0.2, 0.25) is 0 Å². The minimum Gasteiger partial charge on any atom is -0.459 e. The topological polar surface area (TPSA) is 52.6 Å². The van der Waals surface area contributed by atoms with E-state index < -0.39 is 0 Å². The van der Waals surface area contributed by atoms with Gasteiger partial charge in [0, 0.05) is 25.7 Å². The van der Waals surface area contributed by atoms with Crippen LogP contribution in [0.2, 0.25) is 0 Å². The summed E-state index contributed by atoms with van der Waals surface area (Å²) in [6.45, 7) is 1.94. The van der Waals surface area contributed by atoms with Crippen molar-refractivity contribution in [2.45, 2.75) is 38.7 Å². The Kier molecular flexibility index (Phi) is 10.4. The maximum absolute atomic E-state index is 11.6. The van der Waals surface area contributed by atoms with Gasteiger partial charge in [0.25, 0.3) is 0 Å². The number of esters is 1. The Balaban J connectivity index is 3.86. The van der Waals surface area contributed by atoms with E-state index in [4.69, 9.17) is 20.7 Å². The van der Waals surface area contributed by atoms with Crippen molar-refractivity contribution in [1.29, 1.82) is 0 Å². The molecule has 0 heterocycles. The summed E-state index contributed by atoms with van der Waals surface area (Å²) in [4.78, 5) is 22.3. The molecule has 4 nitrogen and oxygen atoms in total. The molecule has 0 aliphatic heterocycles. The molecule has 0 radical (unpaired) electrons. The zero-order valence-corrected chi connectivity index (χ0v) is 12.9. The molecule has 0 fully saturated rings. The van der Waals surface area contributed by atoms with Gasteiger partial charge < -0.3 is 14.3 Å². The SMILES string of the molecule is COCC(CS(C)=S)OC(=O)CCCCC(C)=O. The molecule has 2 atom stereocenters. The summed E-state index contributed by atoms with van der Waals surface area (Å²) in [7, 11) is 1.38. The second-order valence-corrected chi connectivity index (χ2v) is 7.40. The highest BCUT2D eigenvalue weighted by Gasteiger charge is 2.14. The second-order valence-electron chi connectivity index (χ2n) is 4.22. The number of carbonyl (C=O) groups is 2. The lowest BCUT2D eigenvalue weighted by molar-refractivity contribution is -0.150. The first kappa shape index (κ1) is 17.7. The van der Waals surface area contributed by atoms with Crippen LogP contribution < -0.4 is 0 Å². The maximum Gasteiger partial charge on any atom is 0.306 e. The maximum atomic E-state index is 11.6. The molecule has 0 aliphatic carbocycles. The third-order valence-electron chi connectivity index (χ3n) is 2.23. The Morgan fingerprint density at radius 2 is 1.89 bits per heavy atom. The zero-order valence-electron chi connectivity index (χ0n) is 11.3. The average molecular weight is 294 g/mol. The van der Waals surface area contributed by atoms with Crippen LogP contribution in [0.1, 0.15) is 32.6 Å². The highest BCUT2D eigenvalue weighted by atomic mass is 32.8. The Hall–Kier alpha value is -0.330. The predicted octanol–water partition coefficient (Wildman–Crippen LogP) is 1.40. The minimum atomic E-state index is -0.249. The van der Waals surface area contributed by atoms with Crippen LogP contribution in [0.15, 0.2) is 0 Å². The highest BCUT2D eigenvalue weighted by Crippen LogP contribution is 2.05. The highest BCUT2D eigenvalue weighted by molar-refractivity contribution is 8.28. The van der Waals surface area contributed by atoms with Crippen LogP contribution in [-0.2, 0) is 39.7 Å². The molecule has 0 saturated carbocycles. The lowest BCUT2D eigenvalue weighted by atomic mass is 10.1. The van der Waals surface area contributed by atoms with Crippen molar-refractivity contribution in [1.82, 2.24) is 0 Å². The summed E-state index contributed by atoms with van der Waals surface area (Å²) in [6, 6.07) is 0. The molecule has 0 aromatic heterocycles. The normalized spacial score (nSPS) is 13.9. The van der Waals surface area contributed by atoms with Crippen LogP contribution in [0.3, 0.4) is 0 Å². The number of carbonyl (C=O) groups excluding carboxylic acids is 2. The van der Waals surface area contributed by atoms with Crippen molar-refractivity contribution in [2.75, 3.05) is 25.7 Å². The van der Waals surface area contributed by atoms with E-state index in [0.717, 1.165) is 6.42 Å². The molecule has 0 saturated heterocycles. The van der Waals surface area contributed by atoms with Gasteiger partial charge in [-0.15, -0.1) is 9.45 Å². The number of rotatable bonds is 10. The predicted molar refractivity (Wildman–Crippen MR) is 76.4 cm³/mol. The van der Waals surface area contributed by atoms with E-state index in [0.29, 0.717) is 31.6 Å². The Labute approximate surface area is 116 Å². The molecule has 0 bridgehead atoms. The molecule has 0 amide bonds. The molecule has 6 heteroatoms. The Bertz CT molecular complexity index is 292. The zero-order chi connectivity index (χ0) is 14.0. The van der Waals surface area contributed by atoms with E-state index in [1.807, 2.05) is 6.26 Å². The molecule has 0 aromatic rings. The Morgan fingerprint density at radius 3 is 2.39 bits per heavy atom. The molecule has 18 heavy (non-hydrogen) atoms.